The number of hydrogen-bond donors (Lipinski definition) is 0. The zero-order valence-corrected chi connectivity index (χ0v) is 31.2. The van der Waals surface area contributed by atoms with E-state index in [1.54, 1.807) is 13.8 Å². The molecular formula is C36H42Cl2Zr2. The average molecular weight is 728 g/mol. The van der Waals surface area contributed by atoms with Crippen molar-refractivity contribution in [2.75, 3.05) is 0 Å². The van der Waals surface area contributed by atoms with Gasteiger partial charge in [-0.15, -0.1) is 81.9 Å². The molecule has 40 heavy (non-hydrogen) atoms. The topological polar surface area (TPSA) is 0 Å². The van der Waals surface area contributed by atoms with E-state index in [0.717, 1.165) is 12.8 Å². The Morgan fingerprint density at radius 1 is 0.600 bits per heavy atom. The van der Waals surface area contributed by atoms with Gasteiger partial charge in [-0.25, -0.2) is 24.3 Å². The van der Waals surface area contributed by atoms with Crippen LogP contribution in [0.25, 0.3) is 21.5 Å². The van der Waals surface area contributed by atoms with Crippen LogP contribution in [0.2, 0.25) is 0 Å². The Balaban J connectivity index is -0.000000210. The molecule has 0 spiro atoms. The Hall–Kier alpha value is -1.03. The molecule has 0 fully saturated rings. The summed E-state index contributed by atoms with van der Waals surface area (Å²) in [5.74, 6) is 0. The fourth-order valence-electron chi connectivity index (χ4n) is 3.65. The van der Waals surface area contributed by atoms with Crippen molar-refractivity contribution in [3.63, 3.8) is 0 Å². The van der Waals surface area contributed by atoms with Crippen LogP contribution in [0, 0.1) is 53.7 Å². The van der Waals surface area contributed by atoms with Gasteiger partial charge in [-0.2, -0.15) is 50.3 Å². The molecule has 0 radical (unpaired) electrons. The molecule has 0 saturated heterocycles. The Morgan fingerprint density at radius 3 is 1.20 bits per heavy atom. The van der Waals surface area contributed by atoms with Crippen LogP contribution in [0.3, 0.4) is 0 Å². The van der Waals surface area contributed by atoms with Crippen molar-refractivity contribution in [2.24, 2.45) is 0 Å². The van der Waals surface area contributed by atoms with E-state index in [4.69, 9.17) is 0 Å². The number of hydrogen-bond acceptors (Lipinski definition) is 0. The molecule has 0 heterocycles. The maximum absolute atomic E-state index is 3.25. The van der Waals surface area contributed by atoms with Gasteiger partial charge in [0.1, 0.15) is 0 Å². The van der Waals surface area contributed by atoms with Crippen molar-refractivity contribution in [3.05, 3.63) is 145 Å². The fraction of sp³-hybridized carbons (Fsp3) is 0.222. The third kappa shape index (κ3) is 17.0. The van der Waals surface area contributed by atoms with E-state index in [0.29, 0.717) is 0 Å². The number of aryl methyl sites for hydroxylation is 4. The second-order valence-corrected chi connectivity index (χ2v) is 8.22. The minimum Gasteiger partial charge on any atom is -1.00 e. The summed E-state index contributed by atoms with van der Waals surface area (Å²) < 4.78 is 0. The molecule has 0 amide bonds. The van der Waals surface area contributed by atoms with Crippen LogP contribution in [-0.2, 0) is 52.4 Å². The zero-order chi connectivity index (χ0) is 26.8. The van der Waals surface area contributed by atoms with E-state index in [-0.39, 0.29) is 77.2 Å². The molecule has 208 valence electrons. The first-order valence-corrected chi connectivity index (χ1v) is 12.6. The zero-order valence-electron chi connectivity index (χ0n) is 24.8. The SMILES string of the molecule is Cc1ccc2c(cc[c-]2C)c1.Cc1ccc2c(cc[c-]2C)c1.[C-]1=CC=CC1.[C-]1=CC=CC1.[CH2-]C.[CH2-]C.[Cl-].[Cl-].[Zr+4].[Zr+4]. The molecule has 0 nitrogen and oxygen atoms in total. The third-order valence-corrected chi connectivity index (χ3v) is 5.46. The number of fused-ring (bicyclic) bond motifs is 2. The standard InChI is InChI=1S/2C11H11.2C5H5.2C2H5.2ClH.2Zr/c2*1-8-3-6-11-9(2)4-5-10(11)7-8;2*1-2-4-5-3-1;2*1-2;;;;/h2*3-7H,1-2H3;2*1-3H,4H2;2*1H2,2H3;2*1H;;/q6*-1;;;2*+4/p-2. The van der Waals surface area contributed by atoms with Gasteiger partial charge in [0.25, 0.3) is 0 Å². The van der Waals surface area contributed by atoms with Crippen molar-refractivity contribution < 1.29 is 77.2 Å². The summed E-state index contributed by atoms with van der Waals surface area (Å²) in [6, 6.07) is 21.9. The van der Waals surface area contributed by atoms with Gasteiger partial charge in [0.05, 0.1) is 0 Å². The molecule has 2 aliphatic carbocycles. The molecule has 0 bridgehead atoms. The molecule has 0 aromatic heterocycles. The molecule has 4 heteroatoms. The van der Waals surface area contributed by atoms with E-state index in [1.165, 1.54) is 43.8 Å². The molecular weight excluding hydrogens is 686 g/mol. The maximum Gasteiger partial charge on any atom is 4.00 e. The summed E-state index contributed by atoms with van der Waals surface area (Å²) >= 11 is 0. The molecule has 0 unspecified atom stereocenters. The minimum absolute atomic E-state index is 0. The van der Waals surface area contributed by atoms with Gasteiger partial charge < -0.3 is 38.7 Å². The van der Waals surface area contributed by atoms with Crippen LogP contribution in [0.1, 0.15) is 48.9 Å². The molecule has 0 saturated carbocycles. The smallest absolute Gasteiger partial charge is 1.00 e. The molecule has 4 aromatic carbocycles. The Bertz CT molecular complexity index is 1150. The Kier molecular flexibility index (Phi) is 32.3. The molecule has 4 aromatic rings. The first-order valence-electron chi connectivity index (χ1n) is 12.6. The Morgan fingerprint density at radius 2 is 0.950 bits per heavy atom. The van der Waals surface area contributed by atoms with Crippen molar-refractivity contribution in [3.8, 4) is 0 Å². The quantitative estimate of drug-likeness (QED) is 0.232. The molecule has 0 N–H and O–H groups in total. The predicted molar refractivity (Wildman–Crippen MR) is 163 cm³/mol. The van der Waals surface area contributed by atoms with E-state index >= 15 is 0 Å². The number of allylic oxidation sites excluding steroid dienone is 8. The fourth-order valence-corrected chi connectivity index (χ4v) is 3.65. The third-order valence-electron chi connectivity index (χ3n) is 5.46. The number of halogens is 2. The summed E-state index contributed by atoms with van der Waals surface area (Å²) in [6.45, 7) is 18.6. The largest absolute Gasteiger partial charge is 4.00 e. The minimum atomic E-state index is 0. The first-order chi connectivity index (χ1) is 17.5. The average Bonchev–Trinajstić information content (AvgIpc) is 3.73. The van der Waals surface area contributed by atoms with E-state index in [9.17, 15) is 0 Å². The van der Waals surface area contributed by atoms with Crippen LogP contribution in [0.4, 0.5) is 0 Å². The molecule has 2 aliphatic rings. The van der Waals surface area contributed by atoms with Gasteiger partial charge in [0, 0.05) is 0 Å². The van der Waals surface area contributed by atoms with Crippen molar-refractivity contribution in [2.45, 2.75) is 54.4 Å². The van der Waals surface area contributed by atoms with Crippen molar-refractivity contribution >= 4 is 21.5 Å². The van der Waals surface area contributed by atoms with Crippen LogP contribution >= 0.6 is 0 Å². The van der Waals surface area contributed by atoms with Gasteiger partial charge in [-0.1, -0.05) is 25.0 Å². The maximum atomic E-state index is 3.25. The van der Waals surface area contributed by atoms with Crippen LogP contribution in [0.5, 0.6) is 0 Å². The van der Waals surface area contributed by atoms with Gasteiger partial charge >= 0.3 is 52.4 Å². The summed E-state index contributed by atoms with van der Waals surface area (Å²) in [5, 5.41) is 5.50. The summed E-state index contributed by atoms with van der Waals surface area (Å²) in [7, 11) is 0. The van der Waals surface area contributed by atoms with Crippen molar-refractivity contribution in [1.82, 2.24) is 0 Å². The molecule has 0 aliphatic heterocycles. The second-order valence-electron chi connectivity index (χ2n) is 8.22. The van der Waals surface area contributed by atoms with Crippen molar-refractivity contribution in [1.29, 1.82) is 0 Å². The van der Waals surface area contributed by atoms with E-state index in [2.05, 4.69) is 127 Å². The van der Waals surface area contributed by atoms with Gasteiger partial charge in [-0.3, -0.25) is 12.2 Å². The monoisotopic (exact) mass is 724 g/mol. The molecule has 6 rings (SSSR count). The van der Waals surface area contributed by atoms with Gasteiger partial charge in [0.2, 0.25) is 0 Å². The Labute approximate surface area is 295 Å². The first kappa shape index (κ1) is 45.9. The van der Waals surface area contributed by atoms with E-state index < -0.39 is 0 Å². The van der Waals surface area contributed by atoms with E-state index in [1.807, 2.05) is 24.3 Å². The van der Waals surface area contributed by atoms with Crippen LogP contribution in [0.15, 0.2) is 97.1 Å². The number of rotatable bonds is 0. The van der Waals surface area contributed by atoms with Crippen LogP contribution in [-0.4, -0.2) is 0 Å². The summed E-state index contributed by atoms with van der Waals surface area (Å²) in [5.41, 5.74) is 5.42. The normalized spacial score (nSPS) is 10.6. The summed E-state index contributed by atoms with van der Waals surface area (Å²) in [4.78, 5) is 0. The second kappa shape index (κ2) is 28.1. The number of benzene rings is 2. The summed E-state index contributed by atoms with van der Waals surface area (Å²) in [6.07, 6.45) is 20.0. The molecule has 0 atom stereocenters. The van der Waals surface area contributed by atoms with Crippen LogP contribution < -0.4 is 24.8 Å². The van der Waals surface area contributed by atoms with Gasteiger partial charge in [0.15, 0.2) is 0 Å². The van der Waals surface area contributed by atoms with Gasteiger partial charge in [-0.05, 0) is 13.8 Å². The predicted octanol–water partition coefficient (Wildman–Crippen LogP) is 4.65.